The predicted octanol–water partition coefficient (Wildman–Crippen LogP) is 27.8. The van der Waals surface area contributed by atoms with Crippen molar-refractivity contribution < 1.29 is 76.0 Å². The molecule has 0 N–H and O–H groups in total. The third kappa shape index (κ3) is 33.9. The van der Waals surface area contributed by atoms with Crippen LogP contribution in [0.15, 0.2) is 97.1 Å². The largest absolute Gasteiger partial charge is 0.511 e. The number of aryl methyl sites for hydroxylation is 8. The lowest BCUT2D eigenvalue weighted by Gasteiger charge is -2.21. The second kappa shape index (κ2) is 54.1. The number of ether oxygens (including phenoxy) is 12. The minimum atomic E-state index is -1.07. The summed E-state index contributed by atoms with van der Waals surface area (Å²) < 4.78 is 72.4. The summed E-state index contributed by atoms with van der Waals surface area (Å²) in [4.78, 5) is 48.4. The van der Waals surface area contributed by atoms with Gasteiger partial charge in [0.1, 0.15) is 82.1 Å². The molecule has 0 spiro atoms. The van der Waals surface area contributed by atoms with Crippen molar-refractivity contribution in [2.24, 2.45) is 11.8 Å². The summed E-state index contributed by atoms with van der Waals surface area (Å²) in [5.41, 5.74) is 12.1. The molecule has 4 heterocycles. The molecule has 28 nitrogen and oxygen atoms in total. The van der Waals surface area contributed by atoms with Gasteiger partial charge in [-0.15, -0.1) is 11.6 Å². The summed E-state index contributed by atoms with van der Waals surface area (Å²) in [7, 11) is 0. The molecule has 138 heavy (non-hydrogen) atoms. The first kappa shape index (κ1) is 117. The van der Waals surface area contributed by atoms with Crippen LogP contribution in [0, 0.1) is 84.9 Å². The fourth-order valence-electron chi connectivity index (χ4n) is 13.4. The third-order valence-corrected chi connectivity index (χ3v) is 23.3. The molecule has 0 aliphatic carbocycles. The Morgan fingerprint density at radius 1 is 0.348 bits per heavy atom. The van der Waals surface area contributed by atoms with Crippen LogP contribution in [0.1, 0.15) is 296 Å². The average Bonchev–Trinajstić information content (AvgIpc) is 1.61. The summed E-state index contributed by atoms with van der Waals surface area (Å²) in [6, 6.07) is 39.8. The van der Waals surface area contributed by atoms with Crippen LogP contribution in [0.5, 0.6) is 0 Å². The first-order valence-electron chi connectivity index (χ1n) is 46.3. The Bertz CT molecular complexity index is 5710. The van der Waals surface area contributed by atoms with E-state index in [0.717, 1.165) is 47.9 Å². The Morgan fingerprint density at radius 3 is 0.797 bits per heavy atom. The monoisotopic (exact) mass is 2000 g/mol. The van der Waals surface area contributed by atoms with Crippen LogP contribution in [0.4, 0.5) is 19.2 Å². The molecular formula is C105H137Cl5N12O16. The number of nitriles is 4. The van der Waals surface area contributed by atoms with Gasteiger partial charge in [-0.2, -0.15) is 41.4 Å². The van der Waals surface area contributed by atoms with Crippen LogP contribution in [0.2, 0.25) is 20.1 Å². The number of carbonyl (C=O) groups is 4. The molecule has 0 aliphatic rings. The number of benzene rings is 4. The van der Waals surface area contributed by atoms with Crippen molar-refractivity contribution >= 4 is 128 Å². The highest BCUT2D eigenvalue weighted by Gasteiger charge is 2.34. The zero-order valence-corrected chi connectivity index (χ0v) is 89.3. The second-order valence-corrected chi connectivity index (χ2v) is 39.0. The number of rotatable bonds is 35. The van der Waals surface area contributed by atoms with Crippen LogP contribution in [-0.4, -0.2) is 121 Å². The maximum absolute atomic E-state index is 12.2. The molecule has 0 saturated carbocycles. The van der Waals surface area contributed by atoms with Crippen molar-refractivity contribution in [2.45, 2.75) is 312 Å². The predicted molar refractivity (Wildman–Crippen MR) is 542 cm³/mol. The fourth-order valence-corrected chi connectivity index (χ4v) is 14.3. The molecule has 0 amide bonds. The summed E-state index contributed by atoms with van der Waals surface area (Å²) in [5, 5.41) is 59.9. The molecule has 33 heteroatoms. The second-order valence-electron chi connectivity index (χ2n) is 37.2. The first-order chi connectivity index (χ1) is 64.8. The summed E-state index contributed by atoms with van der Waals surface area (Å²) >= 11 is 31.9. The van der Waals surface area contributed by atoms with Crippen LogP contribution < -0.4 is 0 Å². The lowest BCUT2D eigenvalue weighted by molar-refractivity contribution is -0.0761. The Labute approximate surface area is 840 Å². The number of carbonyl (C=O) groups excluding carboxylic acids is 4. The molecular weight excluding hydrogens is 1860 g/mol. The van der Waals surface area contributed by atoms with E-state index in [-0.39, 0.29) is 105 Å². The van der Waals surface area contributed by atoms with E-state index in [2.05, 4.69) is 128 Å². The van der Waals surface area contributed by atoms with Gasteiger partial charge in [0.25, 0.3) is 0 Å². The molecule has 4 aromatic carbocycles. The number of allylic oxidation sites excluding steroid dienone is 4. The Morgan fingerprint density at radius 2 is 0.587 bits per heavy atom. The fraction of sp³-hybridized carbons (Fsp3) is 0.505. The summed E-state index contributed by atoms with van der Waals surface area (Å²) in [6.45, 7) is 60.8. The van der Waals surface area contributed by atoms with Crippen LogP contribution in [0.3, 0.4) is 0 Å². The molecule has 0 bridgehead atoms. The SMILES string of the molecule is CCC(C)COC(=O)OC(C)O/C(=C(/C#N)c1ccc(C(C)(C)C)cc1)c1c(Cl)c(C)nn1CC.CCCC(C)OC(=O)OC(C)O/C(=C(/C#N)c1ccc(C(C)(C)C)cc1)c1c(Cl)c(C)nn1CC.CCn1nc(C)c(Cl)c1/C(OC(C)OC(=O)OCCC(C)C)=C(\C#N)c1ccc(C(C)(C)C)cc1.CCn1nc(C)c(Cl)c1/C(OC(C)OC(=O)OCCCl)=C(\C#N)c1ccc(C(C)(C)C)cc1. The van der Waals surface area contributed by atoms with Crippen LogP contribution >= 0.6 is 58.0 Å². The van der Waals surface area contributed by atoms with Gasteiger partial charge in [-0.05, 0) is 153 Å². The van der Waals surface area contributed by atoms with Gasteiger partial charge in [0, 0.05) is 53.9 Å². The number of aromatic nitrogens is 8. The van der Waals surface area contributed by atoms with Gasteiger partial charge >= 0.3 is 24.6 Å². The standard InChI is InChI=1S/3C27H36ClN3O4.C24H29Cl2N3O4/c1-9-31-24(23(28)18(4)30-31)25(34-19(5)35-26(32)33-15-14-17(2)3)22(16-29)20-10-12-21(13-11-20)27(6,7)8;1-9-17(3)16-33-26(32)35-19(5)34-25(24-23(28)18(4)30-31(24)10-2)22(15-29)20-11-13-21(14-12-20)27(6,7)8;1-9-11-17(3)33-26(32)35-19(5)34-25(24-23(28)18(4)30-31(24)10-2)22(16-29)20-12-14-21(15-13-20)27(6,7)8;1-7-29-21(20(26)15(2)28-29)22(32-16(3)33-23(30)31-13-12-25)19(14-27)17-8-10-18(11-9-17)24(4,5)6/h10-13,17,19H,9,14-15H2,1-8H3;11-14,17,19H,9-10,16H2,1-8H3;12-15,17,19H,9-11H2,1-8H3;8-11,16H,7,12-13H2,1-6H3/b3*25-22-;22-19-. The normalized spacial score (nSPS) is 13.5. The van der Waals surface area contributed by atoms with Gasteiger partial charge in [-0.25, -0.2) is 19.2 Å². The molecule has 8 rings (SSSR count). The van der Waals surface area contributed by atoms with Crippen LogP contribution in [0.25, 0.3) is 45.3 Å². The van der Waals surface area contributed by atoms with E-state index in [4.69, 9.17) is 115 Å². The number of hydrogen-bond acceptors (Lipinski definition) is 24. The highest BCUT2D eigenvalue weighted by molar-refractivity contribution is 6.34. The third-order valence-electron chi connectivity index (χ3n) is 21.4. The van der Waals surface area contributed by atoms with Crippen molar-refractivity contribution in [2.75, 3.05) is 25.7 Å². The van der Waals surface area contributed by atoms with E-state index in [1.165, 1.54) is 6.92 Å². The first-order valence-corrected chi connectivity index (χ1v) is 48.4. The van der Waals surface area contributed by atoms with E-state index in [9.17, 15) is 40.2 Å². The highest BCUT2D eigenvalue weighted by Crippen LogP contribution is 2.42. The van der Waals surface area contributed by atoms with Crippen molar-refractivity contribution in [3.8, 4) is 24.3 Å². The molecule has 748 valence electrons. The molecule has 0 radical (unpaired) electrons. The average molecular weight is 2000 g/mol. The zero-order valence-electron chi connectivity index (χ0n) is 85.6. The van der Waals surface area contributed by atoms with Crippen molar-refractivity contribution in [3.05, 3.63) is 207 Å². The van der Waals surface area contributed by atoms with Gasteiger partial charge in [0.15, 0.2) is 23.0 Å². The summed E-state index contributed by atoms with van der Waals surface area (Å²) in [5.74, 6) is 1.47. The maximum Gasteiger partial charge on any atom is 0.511 e. The quantitative estimate of drug-likeness (QED) is 0.00889. The van der Waals surface area contributed by atoms with Gasteiger partial charge in [-0.1, -0.05) is 274 Å². The molecule has 8 aromatic rings. The topological polar surface area (TPSA) is 345 Å². The molecule has 0 saturated heterocycles. The number of nitrogens with zero attached hydrogens (tertiary/aromatic N) is 12. The molecule has 4 aromatic heterocycles. The zero-order chi connectivity index (χ0) is 104. The number of halogens is 5. The highest BCUT2D eigenvalue weighted by atomic mass is 35.5. The molecule has 0 fully saturated rings. The molecule has 0 aliphatic heterocycles. The minimum absolute atomic E-state index is 0.00695. The van der Waals surface area contributed by atoms with Crippen molar-refractivity contribution in [1.82, 2.24) is 39.1 Å². The number of alkyl halides is 1. The van der Waals surface area contributed by atoms with Crippen LogP contribution in [-0.2, 0) is 105 Å². The van der Waals surface area contributed by atoms with E-state index in [0.29, 0.717) is 120 Å². The Kier molecular flexibility index (Phi) is 45.8. The lowest BCUT2D eigenvalue weighted by Crippen LogP contribution is -2.23. The van der Waals surface area contributed by atoms with E-state index >= 15 is 0 Å². The van der Waals surface area contributed by atoms with Gasteiger partial charge in [0.2, 0.25) is 25.2 Å². The van der Waals surface area contributed by atoms with E-state index < -0.39 is 49.8 Å². The Hall–Kier alpha value is -11.6. The van der Waals surface area contributed by atoms with Gasteiger partial charge in [-0.3, -0.25) is 18.7 Å². The van der Waals surface area contributed by atoms with E-state index in [1.807, 2.05) is 159 Å². The minimum Gasteiger partial charge on any atom is -0.451 e. The van der Waals surface area contributed by atoms with Crippen molar-refractivity contribution in [1.29, 1.82) is 21.0 Å². The van der Waals surface area contributed by atoms with Gasteiger partial charge < -0.3 is 56.8 Å². The molecule has 6 unspecified atom stereocenters. The summed E-state index contributed by atoms with van der Waals surface area (Å²) in [6.07, 6.45) is -4.69. The molecule has 6 atom stereocenters. The van der Waals surface area contributed by atoms with Gasteiger partial charge in [0.05, 0.1) is 62.0 Å². The van der Waals surface area contributed by atoms with Crippen molar-refractivity contribution in [3.63, 3.8) is 0 Å². The van der Waals surface area contributed by atoms with E-state index in [1.54, 1.807) is 74.1 Å². The Balaban J connectivity index is 0.000000325. The lowest BCUT2D eigenvalue weighted by atomic mass is 9.86. The number of hydrogen-bond donors (Lipinski definition) is 0. The smallest absolute Gasteiger partial charge is 0.451 e. The maximum atomic E-state index is 12.2.